The number of carbonyl (C=O) groups is 2. The van der Waals surface area contributed by atoms with Crippen molar-refractivity contribution >= 4 is 42.3 Å². The van der Waals surface area contributed by atoms with Gasteiger partial charge in [0.25, 0.3) is 5.91 Å². The van der Waals surface area contributed by atoms with E-state index in [0.717, 1.165) is 92.4 Å². The third-order valence-electron chi connectivity index (χ3n) is 9.56. The molecule has 9 nitrogen and oxygen atoms in total. The topological polar surface area (TPSA) is 77.9 Å². The second kappa shape index (κ2) is 15.4. The lowest BCUT2D eigenvalue weighted by Gasteiger charge is -2.37. The molecule has 47 heavy (non-hydrogen) atoms. The summed E-state index contributed by atoms with van der Waals surface area (Å²) in [5.41, 5.74) is 4.36. The van der Waals surface area contributed by atoms with Crippen molar-refractivity contribution in [2.75, 3.05) is 60.5 Å². The van der Waals surface area contributed by atoms with Crippen molar-refractivity contribution in [3.8, 4) is 11.5 Å². The van der Waals surface area contributed by atoms with E-state index in [4.69, 9.17) is 14.6 Å². The quantitative estimate of drug-likeness (QED) is 0.334. The Balaban J connectivity index is 0.00000250. The average molecular weight is 687 g/mol. The van der Waals surface area contributed by atoms with E-state index in [1.807, 2.05) is 35.2 Å². The molecule has 4 aliphatic rings. The smallest absolute Gasteiger partial charge is 0.253 e. The molecule has 1 aliphatic carbocycles. The number of nitrogens with zero attached hydrogens (tertiary/aromatic N) is 5. The molecule has 6 rings (SSSR count). The molecule has 0 bridgehead atoms. The van der Waals surface area contributed by atoms with Gasteiger partial charge in [0.1, 0.15) is 5.60 Å². The molecule has 1 saturated heterocycles. The molecule has 3 heterocycles. The highest BCUT2D eigenvalue weighted by atomic mass is 35.5. The van der Waals surface area contributed by atoms with E-state index < -0.39 is 0 Å². The van der Waals surface area contributed by atoms with E-state index in [1.54, 1.807) is 12.1 Å². The maximum Gasteiger partial charge on any atom is 0.253 e. The number of piperazine rings is 1. The first-order chi connectivity index (χ1) is 21.6. The minimum Gasteiger partial charge on any atom is -0.493 e. The minimum atomic E-state index is -0.346. The van der Waals surface area contributed by atoms with Crippen LogP contribution in [-0.2, 0) is 17.8 Å². The molecule has 11 heteroatoms. The number of hydrogen-bond acceptors (Lipinski definition) is 7. The van der Waals surface area contributed by atoms with Gasteiger partial charge in [0.05, 0.1) is 25.3 Å². The second-order valence-corrected chi connectivity index (χ2v) is 13.7. The van der Waals surface area contributed by atoms with Crippen LogP contribution in [0.15, 0.2) is 53.7 Å². The maximum atomic E-state index is 13.8. The van der Waals surface area contributed by atoms with Crippen LogP contribution < -0.4 is 9.47 Å². The number of carbonyl (C=O) groups excluding carboxylic acids is 2. The number of halogens is 2. The van der Waals surface area contributed by atoms with Crippen LogP contribution in [0.4, 0.5) is 0 Å². The van der Waals surface area contributed by atoms with Crippen molar-refractivity contribution in [2.24, 2.45) is 16.9 Å². The van der Waals surface area contributed by atoms with Crippen molar-refractivity contribution in [2.45, 2.75) is 51.7 Å². The van der Waals surface area contributed by atoms with Gasteiger partial charge in [-0.1, -0.05) is 24.3 Å². The van der Waals surface area contributed by atoms with Gasteiger partial charge in [-0.25, -0.2) is 5.01 Å². The molecule has 0 N–H and O–H groups in total. The summed E-state index contributed by atoms with van der Waals surface area (Å²) in [7, 11) is 5.87. The first-order valence-electron chi connectivity index (χ1n) is 16.3. The summed E-state index contributed by atoms with van der Waals surface area (Å²) in [4.78, 5) is 33.7. The van der Waals surface area contributed by atoms with Gasteiger partial charge in [0, 0.05) is 55.2 Å². The minimum absolute atomic E-state index is 0. The van der Waals surface area contributed by atoms with Crippen LogP contribution in [0.1, 0.15) is 60.2 Å². The molecule has 2 atom stereocenters. The van der Waals surface area contributed by atoms with Crippen LogP contribution in [0.2, 0.25) is 0 Å². The van der Waals surface area contributed by atoms with Gasteiger partial charge in [-0.05, 0) is 90.1 Å². The van der Waals surface area contributed by atoms with E-state index in [9.17, 15) is 9.59 Å². The number of rotatable bonds is 9. The fraction of sp³-hybridized carbons (Fsp3) is 0.528. The predicted octanol–water partition coefficient (Wildman–Crippen LogP) is 5.29. The Kier molecular flexibility index (Phi) is 12.0. The molecule has 1 fully saturated rings. The van der Waals surface area contributed by atoms with Gasteiger partial charge >= 0.3 is 0 Å². The summed E-state index contributed by atoms with van der Waals surface area (Å²) >= 11 is 0. The molecular weight excluding hydrogens is 637 g/mol. The zero-order valence-corrected chi connectivity index (χ0v) is 29.9. The summed E-state index contributed by atoms with van der Waals surface area (Å²) in [6, 6.07) is 11.7. The molecule has 0 spiro atoms. The van der Waals surface area contributed by atoms with E-state index in [0.29, 0.717) is 18.5 Å². The maximum absolute atomic E-state index is 13.8. The molecule has 3 aliphatic heterocycles. The molecule has 2 aromatic carbocycles. The summed E-state index contributed by atoms with van der Waals surface area (Å²) in [6.45, 7) is 9.99. The Labute approximate surface area is 291 Å². The summed E-state index contributed by atoms with van der Waals surface area (Å²) in [5.74, 6) is 1.49. The van der Waals surface area contributed by atoms with Gasteiger partial charge in [-0.2, -0.15) is 5.10 Å². The van der Waals surface area contributed by atoms with Crippen LogP contribution in [0.3, 0.4) is 0 Å². The first kappa shape index (κ1) is 36.7. The molecule has 2 amide bonds. The number of allylic oxidation sites excluding steroid dienone is 2. The van der Waals surface area contributed by atoms with Crippen LogP contribution in [0.25, 0.3) is 0 Å². The van der Waals surface area contributed by atoms with Gasteiger partial charge in [-0.3, -0.25) is 14.5 Å². The summed E-state index contributed by atoms with van der Waals surface area (Å²) < 4.78 is 12.0. The predicted molar refractivity (Wildman–Crippen MR) is 190 cm³/mol. The molecular formula is C36H49Cl2N5O4. The third kappa shape index (κ3) is 7.96. The highest BCUT2D eigenvalue weighted by molar-refractivity contribution is 6.08. The second-order valence-electron chi connectivity index (χ2n) is 13.7. The Bertz CT molecular complexity index is 1480. The number of amides is 2. The molecule has 0 aromatic heterocycles. The van der Waals surface area contributed by atoms with E-state index in [1.165, 1.54) is 0 Å². The van der Waals surface area contributed by atoms with Crippen LogP contribution in [-0.4, -0.2) is 103 Å². The highest BCUT2D eigenvalue weighted by Crippen LogP contribution is 2.46. The standard InChI is InChI=1S/C36H47N5O4.2ClH/c1-36(2)23-30-28(15-16-31(44-5)33(30)45-36)32-27-9-6-7-10-29(27)35(43)41(37-32)24-25-11-13-26(14-12-25)34(42)40-21-19-39(20-22-40)18-8-17-38(3)4;;/h6-7,11-16,27,29H,8-10,17-24H2,1-5H3;2*1H/t27-,29+;;/m0../s1. The van der Waals surface area contributed by atoms with E-state index in [2.05, 4.69) is 56.0 Å². The largest absolute Gasteiger partial charge is 0.493 e. The number of benzene rings is 2. The molecule has 0 radical (unpaired) electrons. The Hall–Kier alpha value is -3.11. The SMILES string of the molecule is COc1ccc(C2=NN(Cc3ccc(C(=O)N4CCN(CCCN(C)C)CC4)cc3)C(=O)[C@@H]3CC=CC[C@H]23)c2c1OC(C)(C)C2.Cl.Cl. The first-order valence-corrected chi connectivity index (χ1v) is 16.3. The zero-order chi connectivity index (χ0) is 31.7. The van der Waals surface area contributed by atoms with E-state index in [-0.39, 0.29) is 54.1 Å². The van der Waals surface area contributed by atoms with Crippen molar-refractivity contribution in [3.05, 3.63) is 70.8 Å². The lowest BCUT2D eigenvalue weighted by molar-refractivity contribution is -0.138. The van der Waals surface area contributed by atoms with Gasteiger partial charge in [0.2, 0.25) is 5.91 Å². The number of fused-ring (bicyclic) bond motifs is 2. The van der Waals surface area contributed by atoms with Crippen molar-refractivity contribution < 1.29 is 19.1 Å². The van der Waals surface area contributed by atoms with Crippen LogP contribution in [0.5, 0.6) is 11.5 Å². The Morgan fingerprint density at radius 3 is 2.34 bits per heavy atom. The average Bonchev–Trinajstić information content (AvgIpc) is 3.37. The summed E-state index contributed by atoms with van der Waals surface area (Å²) in [5, 5.41) is 6.69. The van der Waals surface area contributed by atoms with Gasteiger partial charge < -0.3 is 19.3 Å². The normalized spacial score (nSPS) is 21.7. The lowest BCUT2D eigenvalue weighted by Crippen LogP contribution is -2.49. The zero-order valence-electron chi connectivity index (χ0n) is 28.2. The van der Waals surface area contributed by atoms with Crippen molar-refractivity contribution in [1.29, 1.82) is 0 Å². The molecule has 256 valence electrons. The number of hydrazone groups is 1. The fourth-order valence-electron chi connectivity index (χ4n) is 7.13. The van der Waals surface area contributed by atoms with Crippen molar-refractivity contribution in [1.82, 2.24) is 19.7 Å². The Morgan fingerprint density at radius 2 is 1.68 bits per heavy atom. The highest BCUT2D eigenvalue weighted by Gasteiger charge is 2.43. The lowest BCUT2D eigenvalue weighted by atomic mass is 9.75. The molecule has 2 aromatic rings. The van der Waals surface area contributed by atoms with Crippen LogP contribution >= 0.6 is 24.8 Å². The number of methoxy groups -OCH3 is 1. The number of ether oxygens (including phenoxy) is 2. The fourth-order valence-corrected chi connectivity index (χ4v) is 7.13. The number of hydrogen-bond donors (Lipinski definition) is 0. The van der Waals surface area contributed by atoms with Gasteiger partial charge in [-0.15, -0.1) is 24.8 Å². The van der Waals surface area contributed by atoms with Crippen LogP contribution in [0, 0.1) is 11.8 Å². The third-order valence-corrected chi connectivity index (χ3v) is 9.56. The molecule has 0 unspecified atom stereocenters. The monoisotopic (exact) mass is 685 g/mol. The Morgan fingerprint density at radius 1 is 1.00 bits per heavy atom. The summed E-state index contributed by atoms with van der Waals surface area (Å²) in [6.07, 6.45) is 7.67. The molecule has 0 saturated carbocycles. The van der Waals surface area contributed by atoms with Crippen molar-refractivity contribution in [3.63, 3.8) is 0 Å². The van der Waals surface area contributed by atoms with Gasteiger partial charge in [0.15, 0.2) is 11.5 Å². The van der Waals surface area contributed by atoms with E-state index >= 15 is 0 Å².